The highest BCUT2D eigenvalue weighted by molar-refractivity contribution is 7.98. The van der Waals surface area contributed by atoms with E-state index in [0.717, 1.165) is 6.42 Å². The summed E-state index contributed by atoms with van der Waals surface area (Å²) in [5.41, 5.74) is 1.24. The second kappa shape index (κ2) is 7.11. The Kier molecular flexibility index (Phi) is 5.19. The summed E-state index contributed by atoms with van der Waals surface area (Å²) in [6.45, 7) is 4.08. The minimum atomic E-state index is 0.139. The Bertz CT molecular complexity index is 603. The van der Waals surface area contributed by atoms with E-state index in [4.69, 9.17) is 9.78 Å². The van der Waals surface area contributed by atoms with Crippen LogP contribution in [-0.4, -0.2) is 10.1 Å². The third-order valence-electron chi connectivity index (χ3n) is 2.95. The molecular formula is C15H17N3OS. The number of nitrogens with zero attached hydrogens (tertiary/aromatic N) is 3. The van der Waals surface area contributed by atoms with E-state index >= 15 is 0 Å². The Morgan fingerprint density at radius 2 is 2.30 bits per heavy atom. The van der Waals surface area contributed by atoms with Crippen molar-refractivity contribution in [2.45, 2.75) is 43.3 Å². The Morgan fingerprint density at radius 1 is 1.45 bits per heavy atom. The van der Waals surface area contributed by atoms with Gasteiger partial charge < -0.3 is 4.52 Å². The molecule has 0 saturated carbocycles. The van der Waals surface area contributed by atoms with Crippen molar-refractivity contribution in [3.63, 3.8) is 0 Å². The van der Waals surface area contributed by atoms with Gasteiger partial charge in [-0.1, -0.05) is 29.8 Å². The van der Waals surface area contributed by atoms with Gasteiger partial charge in [0, 0.05) is 17.2 Å². The van der Waals surface area contributed by atoms with Crippen LogP contribution in [0.15, 0.2) is 33.7 Å². The van der Waals surface area contributed by atoms with E-state index in [1.807, 2.05) is 13.0 Å². The van der Waals surface area contributed by atoms with Gasteiger partial charge in [-0.2, -0.15) is 10.2 Å². The predicted octanol–water partition coefficient (Wildman–Crippen LogP) is 4.08. The van der Waals surface area contributed by atoms with Crippen LogP contribution < -0.4 is 0 Å². The molecular weight excluding hydrogens is 270 g/mol. The van der Waals surface area contributed by atoms with E-state index in [1.165, 1.54) is 10.5 Å². The molecule has 0 amide bonds. The molecule has 0 spiro atoms. The van der Waals surface area contributed by atoms with Crippen molar-refractivity contribution < 1.29 is 4.52 Å². The molecule has 0 aliphatic rings. The van der Waals surface area contributed by atoms with Crippen molar-refractivity contribution in [2.24, 2.45) is 0 Å². The van der Waals surface area contributed by atoms with Crippen LogP contribution in [0.2, 0.25) is 0 Å². The topological polar surface area (TPSA) is 62.7 Å². The van der Waals surface area contributed by atoms with Crippen LogP contribution in [0.4, 0.5) is 0 Å². The summed E-state index contributed by atoms with van der Waals surface area (Å²) in [5, 5.41) is 12.6. The molecule has 4 nitrogen and oxygen atoms in total. The van der Waals surface area contributed by atoms with Gasteiger partial charge in [0.05, 0.1) is 11.8 Å². The second-order valence-electron chi connectivity index (χ2n) is 4.75. The molecule has 20 heavy (non-hydrogen) atoms. The number of hydrogen-bond acceptors (Lipinski definition) is 5. The van der Waals surface area contributed by atoms with Crippen LogP contribution in [-0.2, 0) is 5.75 Å². The van der Waals surface area contributed by atoms with Crippen LogP contribution >= 0.6 is 11.8 Å². The summed E-state index contributed by atoms with van der Waals surface area (Å²) in [7, 11) is 0. The monoisotopic (exact) mass is 287 g/mol. The van der Waals surface area contributed by atoms with Gasteiger partial charge in [0.15, 0.2) is 5.82 Å². The molecule has 0 aliphatic heterocycles. The molecule has 104 valence electrons. The normalized spacial score (nSPS) is 12.1. The molecule has 0 fully saturated rings. The Labute approximate surface area is 123 Å². The van der Waals surface area contributed by atoms with Crippen molar-refractivity contribution >= 4 is 11.8 Å². The van der Waals surface area contributed by atoms with Crippen molar-refractivity contribution in [3.8, 4) is 6.07 Å². The summed E-state index contributed by atoms with van der Waals surface area (Å²) in [4.78, 5) is 5.60. The minimum Gasteiger partial charge on any atom is -0.339 e. The lowest BCUT2D eigenvalue weighted by Gasteiger charge is -2.01. The summed E-state index contributed by atoms with van der Waals surface area (Å²) in [5.74, 6) is 2.16. The molecule has 1 unspecified atom stereocenters. The van der Waals surface area contributed by atoms with Gasteiger partial charge in [0.1, 0.15) is 0 Å². The largest absolute Gasteiger partial charge is 0.339 e. The van der Waals surface area contributed by atoms with Gasteiger partial charge in [-0.15, -0.1) is 11.8 Å². The Morgan fingerprint density at radius 3 is 3.05 bits per heavy atom. The first-order valence-electron chi connectivity index (χ1n) is 6.58. The zero-order chi connectivity index (χ0) is 14.4. The fraction of sp³-hybridized carbons (Fsp3) is 0.400. The lowest BCUT2D eigenvalue weighted by molar-refractivity contribution is 0.351. The quantitative estimate of drug-likeness (QED) is 0.749. The molecule has 0 N–H and O–H groups in total. The van der Waals surface area contributed by atoms with Crippen molar-refractivity contribution in [3.05, 3.63) is 41.5 Å². The standard InChI is InChI=1S/C15H17N3OS/c1-11-5-3-7-13(9-11)20-10-14-17-15(19-18-14)12(2)6-4-8-16/h3,5,7,9,12H,4,6,10H2,1-2H3. The average molecular weight is 287 g/mol. The van der Waals surface area contributed by atoms with Crippen LogP contribution in [0.5, 0.6) is 0 Å². The maximum absolute atomic E-state index is 8.58. The van der Waals surface area contributed by atoms with Crippen LogP contribution in [0, 0.1) is 18.3 Å². The number of thioether (sulfide) groups is 1. The number of hydrogen-bond donors (Lipinski definition) is 0. The van der Waals surface area contributed by atoms with Gasteiger partial charge in [0.25, 0.3) is 0 Å². The Balaban J connectivity index is 1.91. The maximum atomic E-state index is 8.58. The van der Waals surface area contributed by atoms with Crippen LogP contribution in [0.25, 0.3) is 0 Å². The lowest BCUT2D eigenvalue weighted by Crippen LogP contribution is -1.94. The van der Waals surface area contributed by atoms with Gasteiger partial charge >= 0.3 is 0 Å². The first-order chi connectivity index (χ1) is 9.69. The highest BCUT2D eigenvalue weighted by Crippen LogP contribution is 2.24. The van der Waals surface area contributed by atoms with Crippen molar-refractivity contribution in [2.75, 3.05) is 0 Å². The first-order valence-corrected chi connectivity index (χ1v) is 7.56. The minimum absolute atomic E-state index is 0.139. The molecule has 0 radical (unpaired) electrons. The molecule has 5 heteroatoms. The van der Waals surface area contributed by atoms with Crippen LogP contribution in [0.3, 0.4) is 0 Å². The number of aromatic nitrogens is 2. The van der Waals surface area contributed by atoms with Gasteiger partial charge in [0.2, 0.25) is 5.89 Å². The van der Waals surface area contributed by atoms with E-state index in [0.29, 0.717) is 23.9 Å². The second-order valence-corrected chi connectivity index (χ2v) is 5.80. The molecule has 2 rings (SSSR count). The smallest absolute Gasteiger partial charge is 0.229 e. The highest BCUT2D eigenvalue weighted by atomic mass is 32.2. The van der Waals surface area contributed by atoms with E-state index in [1.54, 1.807) is 11.8 Å². The summed E-state index contributed by atoms with van der Waals surface area (Å²) < 4.78 is 5.25. The van der Waals surface area contributed by atoms with Gasteiger partial charge in [-0.25, -0.2) is 0 Å². The molecule has 2 aromatic rings. The van der Waals surface area contributed by atoms with Crippen molar-refractivity contribution in [1.29, 1.82) is 5.26 Å². The third-order valence-corrected chi connectivity index (χ3v) is 3.94. The Hall–Kier alpha value is -1.80. The fourth-order valence-electron chi connectivity index (χ4n) is 1.78. The summed E-state index contributed by atoms with van der Waals surface area (Å²) in [6.07, 6.45) is 1.26. The number of benzene rings is 1. The van der Waals surface area contributed by atoms with E-state index in [2.05, 4.69) is 41.3 Å². The fourth-order valence-corrected chi connectivity index (χ4v) is 2.64. The zero-order valence-corrected chi connectivity index (χ0v) is 12.5. The highest BCUT2D eigenvalue weighted by Gasteiger charge is 2.14. The predicted molar refractivity (Wildman–Crippen MR) is 78.3 cm³/mol. The maximum Gasteiger partial charge on any atom is 0.229 e. The number of rotatable bonds is 6. The average Bonchev–Trinajstić information content (AvgIpc) is 2.91. The van der Waals surface area contributed by atoms with Crippen molar-refractivity contribution in [1.82, 2.24) is 10.1 Å². The first kappa shape index (κ1) is 14.6. The lowest BCUT2D eigenvalue weighted by atomic mass is 10.1. The molecule has 1 atom stereocenters. The van der Waals surface area contributed by atoms with Crippen LogP contribution in [0.1, 0.15) is 43.0 Å². The molecule has 1 aromatic heterocycles. The molecule has 0 bridgehead atoms. The van der Waals surface area contributed by atoms with E-state index < -0.39 is 0 Å². The third kappa shape index (κ3) is 4.10. The van der Waals surface area contributed by atoms with E-state index in [9.17, 15) is 0 Å². The number of aryl methyl sites for hydroxylation is 1. The van der Waals surface area contributed by atoms with E-state index in [-0.39, 0.29) is 5.92 Å². The SMILES string of the molecule is Cc1cccc(SCc2noc(C(C)CCC#N)n2)c1. The number of nitriles is 1. The summed E-state index contributed by atoms with van der Waals surface area (Å²) >= 11 is 1.69. The van der Waals surface area contributed by atoms with Gasteiger partial charge in [-0.05, 0) is 25.5 Å². The molecule has 1 heterocycles. The zero-order valence-electron chi connectivity index (χ0n) is 11.7. The molecule has 0 saturated heterocycles. The van der Waals surface area contributed by atoms with Gasteiger partial charge in [-0.3, -0.25) is 0 Å². The molecule has 1 aromatic carbocycles. The molecule has 0 aliphatic carbocycles. The summed E-state index contributed by atoms with van der Waals surface area (Å²) in [6, 6.07) is 10.5.